The first-order chi connectivity index (χ1) is 3.97. The minimum atomic E-state index is 1.07. The van der Waals surface area contributed by atoms with Crippen LogP contribution in [0.25, 0.3) is 0 Å². The molecule has 2 rings (SSSR count). The Balaban J connectivity index is 2.54. The highest BCUT2D eigenvalue weighted by atomic mass is 32.2. The third-order valence-corrected chi connectivity index (χ3v) is 2.03. The zero-order valence-electron chi connectivity index (χ0n) is 4.27. The summed E-state index contributed by atoms with van der Waals surface area (Å²) in [6, 6.07) is 2.05. The maximum Gasteiger partial charge on any atom is 0.0659 e. The van der Waals surface area contributed by atoms with Crippen LogP contribution in [0.1, 0.15) is 5.69 Å². The highest BCUT2D eigenvalue weighted by Crippen LogP contribution is 2.28. The summed E-state index contributed by atoms with van der Waals surface area (Å²) in [4.78, 5) is 3.13. The molecule has 8 heavy (non-hydrogen) atoms. The minimum absolute atomic E-state index is 1.07. The van der Waals surface area contributed by atoms with Crippen molar-refractivity contribution in [2.75, 3.05) is 4.72 Å². The number of aromatic nitrogens is 1. The highest BCUT2D eigenvalue weighted by Gasteiger charge is 2.08. The molecule has 0 aliphatic carbocycles. The molecular weight excluding hydrogens is 120 g/mol. The Morgan fingerprint density at radius 3 is 3.50 bits per heavy atom. The van der Waals surface area contributed by atoms with Gasteiger partial charge in [0.15, 0.2) is 0 Å². The predicted molar refractivity (Wildman–Crippen MR) is 35.7 cm³/mol. The summed E-state index contributed by atoms with van der Waals surface area (Å²) in [5.41, 5.74) is 2.56. The summed E-state index contributed by atoms with van der Waals surface area (Å²) in [7, 11) is 0. The Bertz CT molecular complexity index is 176. The van der Waals surface area contributed by atoms with Crippen molar-refractivity contribution in [2.24, 2.45) is 0 Å². The Morgan fingerprint density at radius 2 is 2.62 bits per heavy atom. The van der Waals surface area contributed by atoms with Crippen LogP contribution in [0.2, 0.25) is 0 Å². The standard InChI is InChI=1S/C5H6N2S/c1-2-6-5-3-8-7-4(1)5/h1-2,6-7H,3H2. The van der Waals surface area contributed by atoms with Gasteiger partial charge >= 0.3 is 0 Å². The Kier molecular flexibility index (Phi) is 0.784. The average Bonchev–Trinajstić information content (AvgIpc) is 2.15. The summed E-state index contributed by atoms with van der Waals surface area (Å²) in [5, 5.41) is 0. The molecule has 0 spiro atoms. The minimum Gasteiger partial charge on any atom is -0.362 e. The van der Waals surface area contributed by atoms with Crippen molar-refractivity contribution in [3.8, 4) is 0 Å². The van der Waals surface area contributed by atoms with Gasteiger partial charge in [-0.2, -0.15) is 0 Å². The number of H-pyrrole nitrogens is 1. The molecule has 0 atom stereocenters. The van der Waals surface area contributed by atoms with E-state index in [2.05, 4.69) is 15.8 Å². The number of aromatic amines is 1. The summed E-state index contributed by atoms with van der Waals surface area (Å²) in [5.74, 6) is 1.07. The van der Waals surface area contributed by atoms with E-state index in [1.165, 1.54) is 11.4 Å². The van der Waals surface area contributed by atoms with Crippen LogP contribution >= 0.6 is 11.9 Å². The van der Waals surface area contributed by atoms with Gasteiger partial charge in [-0.15, -0.1) is 0 Å². The first-order valence-corrected chi connectivity index (χ1v) is 3.49. The van der Waals surface area contributed by atoms with Gasteiger partial charge in [0.25, 0.3) is 0 Å². The first-order valence-electron chi connectivity index (χ1n) is 2.51. The summed E-state index contributed by atoms with van der Waals surface area (Å²) in [6.07, 6.45) is 1.96. The average molecular weight is 126 g/mol. The molecule has 0 aromatic carbocycles. The molecule has 2 heterocycles. The second kappa shape index (κ2) is 1.45. The third-order valence-electron chi connectivity index (χ3n) is 1.23. The van der Waals surface area contributed by atoms with Crippen LogP contribution in [0.3, 0.4) is 0 Å². The molecule has 2 N–H and O–H groups in total. The smallest absolute Gasteiger partial charge is 0.0659 e. The fourth-order valence-electron chi connectivity index (χ4n) is 0.805. The zero-order chi connectivity index (χ0) is 5.40. The van der Waals surface area contributed by atoms with Gasteiger partial charge in [0.05, 0.1) is 17.1 Å². The molecule has 3 heteroatoms. The number of nitrogens with one attached hydrogen (secondary N) is 2. The lowest BCUT2D eigenvalue weighted by molar-refractivity contribution is 1.25. The monoisotopic (exact) mass is 126 g/mol. The van der Waals surface area contributed by atoms with E-state index in [1.807, 2.05) is 6.20 Å². The van der Waals surface area contributed by atoms with Gasteiger partial charge in [0, 0.05) is 6.20 Å². The second-order valence-electron chi connectivity index (χ2n) is 1.76. The molecule has 42 valence electrons. The van der Waals surface area contributed by atoms with Crippen molar-refractivity contribution in [1.82, 2.24) is 4.98 Å². The third kappa shape index (κ3) is 0.448. The maximum atomic E-state index is 3.17. The number of hydrogen-bond donors (Lipinski definition) is 2. The van der Waals surface area contributed by atoms with Crippen LogP contribution < -0.4 is 4.72 Å². The predicted octanol–water partition coefficient (Wildman–Crippen LogP) is 1.59. The summed E-state index contributed by atoms with van der Waals surface area (Å²) < 4.78 is 3.17. The molecule has 1 aliphatic rings. The SMILES string of the molecule is c1cc2c([nH]1)CSN2. The molecule has 0 saturated carbocycles. The zero-order valence-corrected chi connectivity index (χ0v) is 5.09. The van der Waals surface area contributed by atoms with Gasteiger partial charge in [0.1, 0.15) is 0 Å². The van der Waals surface area contributed by atoms with Crippen molar-refractivity contribution >= 4 is 17.6 Å². The van der Waals surface area contributed by atoms with Gasteiger partial charge < -0.3 is 9.71 Å². The van der Waals surface area contributed by atoms with Gasteiger partial charge in [-0.3, -0.25) is 0 Å². The Hall–Kier alpha value is -0.570. The van der Waals surface area contributed by atoms with Crippen molar-refractivity contribution in [3.05, 3.63) is 18.0 Å². The van der Waals surface area contributed by atoms with Crippen LogP contribution in [-0.4, -0.2) is 4.98 Å². The van der Waals surface area contributed by atoms with E-state index in [9.17, 15) is 0 Å². The van der Waals surface area contributed by atoms with Gasteiger partial charge in [-0.05, 0) is 18.0 Å². The topological polar surface area (TPSA) is 27.8 Å². The lowest BCUT2D eigenvalue weighted by Crippen LogP contribution is -1.70. The first kappa shape index (κ1) is 4.32. The summed E-state index contributed by atoms with van der Waals surface area (Å²) in [6.45, 7) is 0. The number of fused-ring (bicyclic) bond motifs is 1. The van der Waals surface area contributed by atoms with E-state index >= 15 is 0 Å². The molecule has 0 amide bonds. The van der Waals surface area contributed by atoms with Crippen LogP contribution in [0.4, 0.5) is 5.69 Å². The van der Waals surface area contributed by atoms with Gasteiger partial charge in [-0.1, -0.05) is 0 Å². The molecule has 1 aromatic rings. The normalized spacial score (nSPS) is 15.5. The van der Waals surface area contributed by atoms with E-state index in [4.69, 9.17) is 0 Å². The fraction of sp³-hybridized carbons (Fsp3) is 0.200. The number of hydrogen-bond acceptors (Lipinski definition) is 2. The molecular formula is C5H6N2S. The van der Waals surface area contributed by atoms with E-state index in [0.29, 0.717) is 0 Å². The van der Waals surface area contributed by atoms with Crippen molar-refractivity contribution in [2.45, 2.75) is 5.75 Å². The largest absolute Gasteiger partial charge is 0.362 e. The molecule has 0 fully saturated rings. The van der Waals surface area contributed by atoms with E-state index in [0.717, 1.165) is 5.75 Å². The van der Waals surface area contributed by atoms with E-state index in [-0.39, 0.29) is 0 Å². The molecule has 2 nitrogen and oxygen atoms in total. The molecule has 0 saturated heterocycles. The van der Waals surface area contributed by atoms with Crippen LogP contribution in [0, 0.1) is 0 Å². The molecule has 0 unspecified atom stereocenters. The van der Waals surface area contributed by atoms with E-state index < -0.39 is 0 Å². The van der Waals surface area contributed by atoms with Gasteiger partial charge in [0.2, 0.25) is 0 Å². The van der Waals surface area contributed by atoms with Crippen molar-refractivity contribution in [1.29, 1.82) is 0 Å². The molecule has 0 radical (unpaired) electrons. The summed E-state index contributed by atoms with van der Waals surface area (Å²) >= 11 is 1.73. The lowest BCUT2D eigenvalue weighted by atomic mass is 10.4. The number of rotatable bonds is 0. The Labute approximate surface area is 51.8 Å². The lowest BCUT2D eigenvalue weighted by Gasteiger charge is -1.84. The Morgan fingerprint density at radius 1 is 1.62 bits per heavy atom. The quantitative estimate of drug-likeness (QED) is 0.516. The number of anilines is 1. The van der Waals surface area contributed by atoms with Gasteiger partial charge in [-0.25, -0.2) is 0 Å². The highest BCUT2D eigenvalue weighted by molar-refractivity contribution is 8.00. The van der Waals surface area contributed by atoms with Crippen molar-refractivity contribution < 1.29 is 0 Å². The fourth-order valence-corrected chi connectivity index (χ4v) is 1.61. The second-order valence-corrected chi connectivity index (χ2v) is 2.54. The molecule has 0 bridgehead atoms. The molecule has 1 aliphatic heterocycles. The van der Waals surface area contributed by atoms with Crippen molar-refractivity contribution in [3.63, 3.8) is 0 Å². The van der Waals surface area contributed by atoms with Crippen LogP contribution in [0.5, 0.6) is 0 Å². The molecule has 1 aromatic heterocycles. The van der Waals surface area contributed by atoms with E-state index in [1.54, 1.807) is 11.9 Å². The van der Waals surface area contributed by atoms with Crippen LogP contribution in [-0.2, 0) is 5.75 Å². The van der Waals surface area contributed by atoms with Crippen LogP contribution in [0.15, 0.2) is 12.3 Å². The maximum absolute atomic E-state index is 3.17.